The van der Waals surface area contributed by atoms with Crippen LogP contribution in [0.4, 0.5) is 0 Å². The summed E-state index contributed by atoms with van der Waals surface area (Å²) in [6, 6.07) is 4.53. The van der Waals surface area contributed by atoms with Gasteiger partial charge >= 0.3 is 0 Å². The van der Waals surface area contributed by atoms with Gasteiger partial charge in [-0.1, -0.05) is 6.07 Å². The Balaban J connectivity index is 2.03. The van der Waals surface area contributed by atoms with E-state index in [0.29, 0.717) is 10.2 Å². The zero-order valence-corrected chi connectivity index (χ0v) is 17.2. The van der Waals surface area contributed by atoms with Crippen LogP contribution in [0.1, 0.15) is 32.4 Å². The molecule has 8 nitrogen and oxygen atoms in total. The highest BCUT2D eigenvalue weighted by Gasteiger charge is 2.43. The molecular weight excluding hydrogens is 390 g/mol. The van der Waals surface area contributed by atoms with E-state index in [-0.39, 0.29) is 28.5 Å². The molecule has 0 fully saturated rings. The molecule has 0 spiro atoms. The minimum atomic E-state index is -3.69. The number of fused-ring (bicyclic) bond motifs is 1. The third kappa shape index (κ3) is 3.71. The van der Waals surface area contributed by atoms with Gasteiger partial charge in [0.25, 0.3) is 0 Å². The number of benzene rings is 1. The van der Waals surface area contributed by atoms with Crippen LogP contribution in [0.25, 0.3) is 0 Å². The van der Waals surface area contributed by atoms with E-state index >= 15 is 0 Å². The summed E-state index contributed by atoms with van der Waals surface area (Å²) in [7, 11) is -2.28. The number of hydrogen-bond acceptors (Lipinski definition) is 9. The number of hydrazone groups is 1. The smallest absolute Gasteiger partial charge is 0.187 e. The van der Waals surface area contributed by atoms with Crippen molar-refractivity contribution in [2.24, 2.45) is 10.1 Å². The van der Waals surface area contributed by atoms with Crippen LogP contribution < -0.4 is 4.74 Å². The first kappa shape index (κ1) is 20.1. The van der Waals surface area contributed by atoms with Crippen molar-refractivity contribution in [3.63, 3.8) is 0 Å². The molecule has 27 heavy (non-hydrogen) atoms. The molecule has 10 heteroatoms. The van der Waals surface area contributed by atoms with Gasteiger partial charge in [0.2, 0.25) is 0 Å². The molecule has 0 saturated carbocycles. The van der Waals surface area contributed by atoms with Crippen molar-refractivity contribution in [3.05, 3.63) is 23.8 Å². The molecule has 0 aromatic heterocycles. The van der Waals surface area contributed by atoms with E-state index in [1.54, 1.807) is 37.1 Å². The standard InChI is InChI=1S/C17H23N3O5S2/c1-10-14(20-16(18-10)26-15(19-20)17(2,3)22)11-5-6-12(25-4)13(9-11)27(23,24)8-7-21/h5-6,9-10,14,21-22H,7-8H2,1-4H3. The summed E-state index contributed by atoms with van der Waals surface area (Å²) in [5.41, 5.74) is -0.360. The number of rotatable bonds is 6. The predicted molar refractivity (Wildman–Crippen MR) is 105 cm³/mol. The summed E-state index contributed by atoms with van der Waals surface area (Å²) in [6.07, 6.45) is 0. The zero-order valence-electron chi connectivity index (χ0n) is 15.6. The summed E-state index contributed by atoms with van der Waals surface area (Å²) < 4.78 is 30.3. The van der Waals surface area contributed by atoms with Gasteiger partial charge in [0.15, 0.2) is 15.0 Å². The first-order chi connectivity index (χ1) is 12.6. The van der Waals surface area contributed by atoms with Crippen molar-refractivity contribution < 1.29 is 23.4 Å². The van der Waals surface area contributed by atoms with Crippen LogP contribution in [0.2, 0.25) is 0 Å². The average molecular weight is 414 g/mol. The fraction of sp³-hybridized carbons (Fsp3) is 0.529. The molecule has 2 N–H and O–H groups in total. The topological polar surface area (TPSA) is 112 Å². The Hall–Kier alpha value is -1.62. The fourth-order valence-electron chi connectivity index (χ4n) is 3.03. The van der Waals surface area contributed by atoms with E-state index in [4.69, 9.17) is 9.84 Å². The minimum Gasteiger partial charge on any atom is -0.495 e. The van der Waals surface area contributed by atoms with Crippen LogP contribution in [-0.2, 0) is 9.84 Å². The maximum absolute atomic E-state index is 12.5. The molecule has 1 aromatic rings. The van der Waals surface area contributed by atoms with E-state index in [1.165, 1.54) is 18.9 Å². The summed E-state index contributed by atoms with van der Waals surface area (Å²) >= 11 is 1.32. The summed E-state index contributed by atoms with van der Waals surface area (Å²) in [6.45, 7) is 4.78. The maximum Gasteiger partial charge on any atom is 0.187 e. The van der Waals surface area contributed by atoms with Gasteiger partial charge in [-0.05, 0) is 50.2 Å². The molecule has 2 aliphatic heterocycles. The van der Waals surface area contributed by atoms with E-state index in [9.17, 15) is 13.5 Å². The number of ether oxygens (including phenoxy) is 1. The largest absolute Gasteiger partial charge is 0.495 e. The van der Waals surface area contributed by atoms with Crippen LogP contribution in [0, 0.1) is 0 Å². The first-order valence-corrected chi connectivity index (χ1v) is 10.9. The Morgan fingerprint density at radius 1 is 1.37 bits per heavy atom. The quantitative estimate of drug-likeness (QED) is 0.725. The number of aliphatic hydroxyl groups excluding tert-OH is 1. The van der Waals surface area contributed by atoms with Gasteiger partial charge in [0.05, 0.1) is 25.5 Å². The molecule has 0 aliphatic carbocycles. The van der Waals surface area contributed by atoms with E-state index in [1.807, 2.05) is 6.92 Å². The summed E-state index contributed by atoms with van der Waals surface area (Å²) in [5, 5.41) is 26.8. The lowest BCUT2D eigenvalue weighted by molar-refractivity contribution is 0.155. The molecule has 2 aliphatic rings. The van der Waals surface area contributed by atoms with Gasteiger partial charge in [0.1, 0.15) is 27.3 Å². The fourth-order valence-corrected chi connectivity index (χ4v) is 5.28. The Morgan fingerprint density at radius 3 is 2.67 bits per heavy atom. The lowest BCUT2D eigenvalue weighted by Gasteiger charge is -2.23. The Kier molecular flexibility index (Phi) is 5.28. The molecule has 2 heterocycles. The molecule has 0 amide bonds. The predicted octanol–water partition coefficient (Wildman–Crippen LogP) is 1.39. The Bertz CT molecular complexity index is 906. The van der Waals surface area contributed by atoms with Crippen molar-refractivity contribution in [2.45, 2.75) is 43.4 Å². The van der Waals surface area contributed by atoms with Gasteiger partial charge in [-0.2, -0.15) is 5.10 Å². The highest BCUT2D eigenvalue weighted by atomic mass is 32.2. The molecule has 0 bridgehead atoms. The molecule has 2 atom stereocenters. The Morgan fingerprint density at radius 2 is 2.07 bits per heavy atom. The van der Waals surface area contributed by atoms with Crippen molar-refractivity contribution in [1.29, 1.82) is 0 Å². The van der Waals surface area contributed by atoms with Crippen LogP contribution in [0.5, 0.6) is 5.75 Å². The maximum atomic E-state index is 12.5. The van der Waals surface area contributed by atoms with Gasteiger partial charge in [0, 0.05) is 0 Å². The number of thioether (sulfide) groups is 1. The highest BCUT2D eigenvalue weighted by molar-refractivity contribution is 8.27. The number of aliphatic imine (C=N–C) groups is 1. The number of nitrogens with zero attached hydrogens (tertiary/aromatic N) is 3. The molecule has 0 saturated heterocycles. The number of methoxy groups -OCH3 is 1. The van der Waals surface area contributed by atoms with Crippen molar-refractivity contribution in [3.8, 4) is 5.75 Å². The zero-order chi connectivity index (χ0) is 20.0. The molecule has 1 aromatic carbocycles. The van der Waals surface area contributed by atoms with Gasteiger partial charge in [-0.25, -0.2) is 13.4 Å². The summed E-state index contributed by atoms with van der Waals surface area (Å²) in [5.74, 6) is -0.148. The molecule has 0 radical (unpaired) electrons. The third-order valence-electron chi connectivity index (χ3n) is 4.36. The van der Waals surface area contributed by atoms with Gasteiger partial charge < -0.3 is 14.9 Å². The monoisotopic (exact) mass is 413 g/mol. The number of sulfone groups is 1. The first-order valence-electron chi connectivity index (χ1n) is 8.46. The average Bonchev–Trinajstić information content (AvgIpc) is 3.10. The van der Waals surface area contributed by atoms with Crippen molar-refractivity contribution in [2.75, 3.05) is 19.5 Å². The third-order valence-corrected chi connectivity index (χ3v) is 7.32. The van der Waals surface area contributed by atoms with Crippen LogP contribution in [-0.4, -0.2) is 65.0 Å². The van der Waals surface area contributed by atoms with E-state index in [0.717, 1.165) is 5.56 Å². The normalized spacial score (nSPS) is 22.5. The van der Waals surface area contributed by atoms with E-state index in [2.05, 4.69) is 10.1 Å². The molecule has 148 valence electrons. The Labute approximate surface area is 162 Å². The van der Waals surface area contributed by atoms with Crippen molar-refractivity contribution >= 4 is 31.8 Å². The highest BCUT2D eigenvalue weighted by Crippen LogP contribution is 2.42. The molecular formula is C17H23N3O5S2. The SMILES string of the molecule is COc1ccc(C2C(C)N=C3SC(C(C)(C)O)=NN32)cc1S(=O)(=O)CCO. The van der Waals surface area contributed by atoms with Gasteiger partial charge in [-0.3, -0.25) is 4.99 Å². The summed E-state index contributed by atoms with van der Waals surface area (Å²) in [4.78, 5) is 4.64. The molecule has 3 rings (SSSR count). The van der Waals surface area contributed by atoms with Crippen LogP contribution in [0.15, 0.2) is 33.2 Å². The lowest BCUT2D eigenvalue weighted by atomic mass is 10.0. The number of aliphatic hydroxyl groups is 2. The van der Waals surface area contributed by atoms with E-state index < -0.39 is 22.0 Å². The van der Waals surface area contributed by atoms with Crippen molar-refractivity contribution in [1.82, 2.24) is 5.01 Å². The van der Waals surface area contributed by atoms with Gasteiger partial charge in [-0.15, -0.1) is 0 Å². The van der Waals surface area contributed by atoms with Crippen LogP contribution >= 0.6 is 11.8 Å². The second kappa shape index (κ2) is 7.08. The second-order valence-electron chi connectivity index (χ2n) is 6.96. The lowest BCUT2D eigenvalue weighted by Crippen LogP contribution is -2.28. The number of hydrogen-bond donors (Lipinski definition) is 2. The number of amidine groups is 1. The molecule has 2 unspecified atom stereocenters. The van der Waals surface area contributed by atoms with Crippen LogP contribution in [0.3, 0.4) is 0 Å². The second-order valence-corrected chi connectivity index (χ2v) is 9.99. The minimum absolute atomic E-state index is 0.0377.